The first-order valence-corrected chi connectivity index (χ1v) is 11.4. The number of aromatic nitrogens is 4. The highest BCUT2D eigenvalue weighted by Crippen LogP contribution is 2.37. The van der Waals surface area contributed by atoms with Crippen LogP contribution in [0.3, 0.4) is 0 Å². The average Bonchev–Trinajstić information content (AvgIpc) is 3.31. The number of methoxy groups -OCH3 is 1. The maximum absolute atomic E-state index is 12.1. The number of nitrogens with two attached hydrogens (primary N) is 1. The van der Waals surface area contributed by atoms with Crippen LogP contribution in [0.4, 0.5) is 17.3 Å². The molecule has 0 saturated heterocycles. The molecule has 0 spiro atoms. The molecule has 4 rings (SSSR count). The van der Waals surface area contributed by atoms with Gasteiger partial charge >= 0.3 is 0 Å². The van der Waals surface area contributed by atoms with Crippen molar-refractivity contribution in [3.63, 3.8) is 0 Å². The van der Waals surface area contributed by atoms with Gasteiger partial charge in [-0.15, -0.1) is 0 Å². The maximum atomic E-state index is 12.1. The van der Waals surface area contributed by atoms with Crippen molar-refractivity contribution < 1.29 is 9.53 Å². The summed E-state index contributed by atoms with van der Waals surface area (Å²) in [6.45, 7) is 5.47. The third-order valence-corrected chi connectivity index (χ3v) is 5.82. The van der Waals surface area contributed by atoms with E-state index in [1.165, 1.54) is 0 Å². The summed E-state index contributed by atoms with van der Waals surface area (Å²) in [4.78, 5) is 29.7. The lowest BCUT2D eigenvalue weighted by atomic mass is 10.0. The minimum absolute atomic E-state index is 0.201. The van der Waals surface area contributed by atoms with Crippen molar-refractivity contribution in [3.05, 3.63) is 67.1 Å². The van der Waals surface area contributed by atoms with Gasteiger partial charge in [0.2, 0.25) is 11.9 Å². The van der Waals surface area contributed by atoms with Crippen LogP contribution in [-0.2, 0) is 4.79 Å². The number of carbonyl (C=O) groups excluding carboxylic acids is 1. The van der Waals surface area contributed by atoms with Gasteiger partial charge in [-0.05, 0) is 44.4 Å². The van der Waals surface area contributed by atoms with Gasteiger partial charge in [-0.3, -0.25) is 9.36 Å². The largest absolute Gasteiger partial charge is 0.494 e. The van der Waals surface area contributed by atoms with Crippen LogP contribution in [0.25, 0.3) is 22.4 Å². The van der Waals surface area contributed by atoms with E-state index in [4.69, 9.17) is 10.5 Å². The Morgan fingerprint density at radius 1 is 1.14 bits per heavy atom. The van der Waals surface area contributed by atoms with Gasteiger partial charge in [0.05, 0.1) is 12.8 Å². The second kappa shape index (κ2) is 10.4. The number of anilines is 3. The van der Waals surface area contributed by atoms with Crippen LogP contribution < -0.4 is 20.7 Å². The van der Waals surface area contributed by atoms with E-state index >= 15 is 0 Å². The first-order valence-electron chi connectivity index (χ1n) is 11.4. The van der Waals surface area contributed by atoms with Gasteiger partial charge in [0.1, 0.15) is 17.2 Å². The third-order valence-electron chi connectivity index (χ3n) is 5.82. The van der Waals surface area contributed by atoms with Crippen LogP contribution in [0.15, 0.2) is 61.6 Å². The fraction of sp³-hybridized carbons (Fsp3) is 0.231. The molecule has 3 aromatic heterocycles. The number of benzene rings is 1. The number of hydrogen-bond donors (Lipinski definition) is 2. The summed E-state index contributed by atoms with van der Waals surface area (Å²) in [6.07, 6.45) is 5.32. The molecule has 0 unspecified atom stereocenters. The van der Waals surface area contributed by atoms with E-state index in [1.807, 2.05) is 61.1 Å². The van der Waals surface area contributed by atoms with Crippen molar-refractivity contribution in [2.45, 2.75) is 0 Å². The molecule has 3 N–H and O–H groups in total. The number of primary amides is 1. The molecular formula is C26H30N8O2. The molecule has 0 saturated carbocycles. The number of amides is 1. The van der Waals surface area contributed by atoms with Crippen LogP contribution in [0.1, 0.15) is 5.56 Å². The summed E-state index contributed by atoms with van der Waals surface area (Å²) in [7, 11) is 7.55. The van der Waals surface area contributed by atoms with Crippen molar-refractivity contribution in [1.82, 2.24) is 24.4 Å². The summed E-state index contributed by atoms with van der Waals surface area (Å²) in [5, 5.41) is 4.23. The van der Waals surface area contributed by atoms with E-state index in [9.17, 15) is 4.79 Å². The Morgan fingerprint density at radius 2 is 1.94 bits per heavy atom. The smallest absolute Gasteiger partial charge is 0.248 e. The molecule has 0 bridgehead atoms. The predicted molar refractivity (Wildman–Crippen MR) is 143 cm³/mol. The lowest BCUT2D eigenvalue weighted by molar-refractivity contribution is -0.112. The molecule has 3 heterocycles. The summed E-state index contributed by atoms with van der Waals surface area (Å²) < 4.78 is 7.56. The Bertz CT molecular complexity index is 1410. The Kier molecular flexibility index (Phi) is 7.16. The van der Waals surface area contributed by atoms with E-state index < -0.39 is 5.91 Å². The van der Waals surface area contributed by atoms with Gasteiger partial charge < -0.3 is 25.6 Å². The number of fused-ring (bicyclic) bond motifs is 1. The molecule has 10 heteroatoms. The Hall–Kier alpha value is -4.44. The highest BCUT2D eigenvalue weighted by atomic mass is 16.5. The van der Waals surface area contributed by atoms with E-state index in [2.05, 4.69) is 31.7 Å². The van der Waals surface area contributed by atoms with Crippen LogP contribution in [0.5, 0.6) is 5.75 Å². The quantitative estimate of drug-likeness (QED) is 0.329. The minimum Gasteiger partial charge on any atom is -0.494 e. The molecule has 186 valence electrons. The zero-order valence-corrected chi connectivity index (χ0v) is 20.9. The second-order valence-corrected chi connectivity index (χ2v) is 8.60. The van der Waals surface area contributed by atoms with Crippen molar-refractivity contribution >= 4 is 39.8 Å². The van der Waals surface area contributed by atoms with Crippen molar-refractivity contribution in [2.24, 2.45) is 5.73 Å². The van der Waals surface area contributed by atoms with E-state index in [-0.39, 0.29) is 5.57 Å². The third kappa shape index (κ3) is 5.13. The first-order chi connectivity index (χ1) is 17.3. The predicted octanol–water partition coefficient (Wildman–Crippen LogP) is 3.06. The molecule has 1 aromatic carbocycles. The molecule has 4 aromatic rings. The number of pyridine rings is 1. The number of nitrogens with zero attached hydrogens (tertiary/aromatic N) is 6. The van der Waals surface area contributed by atoms with E-state index in [0.717, 1.165) is 29.8 Å². The standard InChI is InChI=1S/C26H30N8O2/c1-17(24(27)35)19-15-20(22(36-5)16-21(19)33(4)14-13-32(2)3)30-26-29-11-8-23(31-26)34-12-9-18-7-6-10-28-25(18)34/h6-12,15-16H,1,13-14H2,2-5H3,(H2,27,35)(H,29,30,31). The fourth-order valence-corrected chi connectivity index (χ4v) is 3.81. The number of ether oxygens (including phenoxy) is 1. The monoisotopic (exact) mass is 486 g/mol. The Balaban J connectivity index is 1.72. The van der Waals surface area contributed by atoms with Crippen LogP contribution >= 0.6 is 0 Å². The normalized spacial score (nSPS) is 11.0. The summed E-state index contributed by atoms with van der Waals surface area (Å²) >= 11 is 0. The van der Waals surface area contributed by atoms with Crippen molar-refractivity contribution in [2.75, 3.05) is 51.6 Å². The lowest BCUT2D eigenvalue weighted by Crippen LogP contribution is -2.29. The van der Waals surface area contributed by atoms with Crippen molar-refractivity contribution in [3.8, 4) is 11.6 Å². The number of rotatable bonds is 10. The second-order valence-electron chi connectivity index (χ2n) is 8.60. The minimum atomic E-state index is -0.599. The average molecular weight is 487 g/mol. The topological polar surface area (TPSA) is 114 Å². The number of carbonyl (C=O) groups is 1. The van der Waals surface area contributed by atoms with Crippen LogP contribution in [0, 0.1) is 0 Å². The number of hydrogen-bond acceptors (Lipinski definition) is 8. The molecule has 1 amide bonds. The van der Waals surface area contributed by atoms with Crippen molar-refractivity contribution in [1.29, 1.82) is 0 Å². The summed E-state index contributed by atoms with van der Waals surface area (Å²) in [5.41, 5.74) is 8.56. The van der Waals surface area contributed by atoms with Crippen LogP contribution in [-0.4, -0.2) is 71.7 Å². The number of likely N-dealkylation sites (N-methyl/N-ethyl adjacent to an activating group) is 2. The Labute approximate surface area is 210 Å². The maximum Gasteiger partial charge on any atom is 0.248 e. The highest BCUT2D eigenvalue weighted by molar-refractivity contribution is 6.19. The highest BCUT2D eigenvalue weighted by Gasteiger charge is 2.19. The molecule has 0 aliphatic heterocycles. The molecule has 0 radical (unpaired) electrons. The van der Waals surface area contributed by atoms with Gasteiger partial charge in [0.15, 0.2) is 0 Å². The van der Waals surface area contributed by atoms with Gasteiger partial charge in [-0.1, -0.05) is 6.58 Å². The Morgan fingerprint density at radius 3 is 2.67 bits per heavy atom. The SMILES string of the molecule is C=C(C(N)=O)c1cc(Nc2nccc(-n3ccc4cccnc43)n2)c(OC)cc1N(C)CCN(C)C. The summed E-state index contributed by atoms with van der Waals surface area (Å²) in [5.74, 6) is 0.971. The summed E-state index contributed by atoms with van der Waals surface area (Å²) in [6, 6.07) is 11.3. The fourth-order valence-electron chi connectivity index (χ4n) is 3.81. The van der Waals surface area contributed by atoms with Gasteiger partial charge in [0.25, 0.3) is 0 Å². The molecule has 0 fully saturated rings. The zero-order chi connectivity index (χ0) is 25.8. The van der Waals surface area contributed by atoms with Crippen LogP contribution in [0.2, 0.25) is 0 Å². The van der Waals surface area contributed by atoms with E-state index in [0.29, 0.717) is 28.8 Å². The molecule has 0 aliphatic carbocycles. The van der Waals surface area contributed by atoms with Gasteiger partial charge in [0, 0.05) is 67.0 Å². The number of nitrogens with one attached hydrogen (secondary N) is 1. The zero-order valence-electron chi connectivity index (χ0n) is 20.9. The molecule has 0 aliphatic rings. The van der Waals surface area contributed by atoms with E-state index in [1.54, 1.807) is 31.6 Å². The van der Waals surface area contributed by atoms with Gasteiger partial charge in [-0.25, -0.2) is 9.97 Å². The molecule has 10 nitrogen and oxygen atoms in total. The first kappa shape index (κ1) is 24.7. The molecule has 0 atom stereocenters. The van der Waals surface area contributed by atoms with Gasteiger partial charge in [-0.2, -0.15) is 4.98 Å². The molecular weight excluding hydrogens is 456 g/mol. The molecule has 36 heavy (non-hydrogen) atoms. The lowest BCUT2D eigenvalue weighted by Gasteiger charge is -2.26.